The van der Waals surface area contributed by atoms with E-state index in [1.54, 1.807) is 4.90 Å². The first-order valence-electron chi connectivity index (χ1n) is 7.91. The van der Waals surface area contributed by atoms with Crippen molar-refractivity contribution in [1.29, 1.82) is 0 Å². The highest BCUT2D eigenvalue weighted by Crippen LogP contribution is 2.12. The molecule has 0 aromatic carbocycles. The number of halogens is 1. The summed E-state index contributed by atoms with van der Waals surface area (Å²) in [4.78, 5) is 28.1. The molecule has 5 nitrogen and oxygen atoms in total. The molecule has 1 fully saturated rings. The molecule has 1 atom stereocenters. The van der Waals surface area contributed by atoms with Gasteiger partial charge in [-0.3, -0.25) is 9.59 Å². The lowest BCUT2D eigenvalue weighted by Crippen LogP contribution is -2.42. The Kier molecular flexibility index (Phi) is 10.4. The summed E-state index contributed by atoms with van der Waals surface area (Å²) in [7, 11) is 0. The van der Waals surface area contributed by atoms with Gasteiger partial charge in [0.25, 0.3) is 0 Å². The molecule has 1 heterocycles. The summed E-state index contributed by atoms with van der Waals surface area (Å²) in [6, 6.07) is 0.311. The molecule has 0 aromatic rings. The Hall–Kier alpha value is -0.810. The van der Waals surface area contributed by atoms with Crippen LogP contribution in [0.3, 0.4) is 0 Å². The third kappa shape index (κ3) is 6.22. The predicted octanol–water partition coefficient (Wildman–Crippen LogP) is 1.66. The molecule has 1 unspecified atom stereocenters. The Morgan fingerprint density at radius 2 is 1.71 bits per heavy atom. The van der Waals surface area contributed by atoms with E-state index in [0.29, 0.717) is 18.9 Å². The highest BCUT2D eigenvalue weighted by molar-refractivity contribution is 5.85. The summed E-state index contributed by atoms with van der Waals surface area (Å²) in [6.07, 6.45) is 2.66. The Morgan fingerprint density at radius 3 is 2.19 bits per heavy atom. The largest absolute Gasteiger partial charge is 0.343 e. The molecule has 1 aliphatic rings. The smallest absolute Gasteiger partial charge is 0.223 e. The van der Waals surface area contributed by atoms with Crippen LogP contribution in [0.15, 0.2) is 0 Å². The first-order valence-corrected chi connectivity index (χ1v) is 7.91. The van der Waals surface area contributed by atoms with Gasteiger partial charge in [0.2, 0.25) is 11.8 Å². The van der Waals surface area contributed by atoms with E-state index in [-0.39, 0.29) is 24.2 Å². The fourth-order valence-electron chi connectivity index (χ4n) is 2.75. The first kappa shape index (κ1) is 20.2. The van der Waals surface area contributed by atoms with Crippen LogP contribution in [0.4, 0.5) is 0 Å². The maximum absolute atomic E-state index is 12.4. The Labute approximate surface area is 134 Å². The topological polar surface area (TPSA) is 52.7 Å². The summed E-state index contributed by atoms with van der Waals surface area (Å²) in [5, 5.41) is 3.30. The maximum atomic E-state index is 12.4. The SMILES string of the molecule is CCCN(C(=O)CCC(=O)N(CC)CC)C1CCNC1.Cl. The summed E-state index contributed by atoms with van der Waals surface area (Å²) < 4.78 is 0. The van der Waals surface area contributed by atoms with Gasteiger partial charge in [0.1, 0.15) is 0 Å². The van der Waals surface area contributed by atoms with Crippen LogP contribution in [-0.4, -0.2) is 60.4 Å². The van der Waals surface area contributed by atoms with Gasteiger partial charge in [-0.05, 0) is 33.2 Å². The molecule has 1 N–H and O–H groups in total. The molecule has 1 saturated heterocycles. The van der Waals surface area contributed by atoms with Crippen LogP contribution in [0.5, 0.6) is 0 Å². The fraction of sp³-hybridized carbons (Fsp3) is 0.867. The van der Waals surface area contributed by atoms with Gasteiger partial charge in [0.15, 0.2) is 0 Å². The summed E-state index contributed by atoms with van der Waals surface area (Å²) in [6.45, 7) is 10.1. The van der Waals surface area contributed by atoms with Gasteiger partial charge in [0.05, 0.1) is 0 Å². The summed E-state index contributed by atoms with van der Waals surface area (Å²) >= 11 is 0. The normalized spacial score (nSPS) is 17.2. The van der Waals surface area contributed by atoms with E-state index in [4.69, 9.17) is 0 Å². The van der Waals surface area contributed by atoms with E-state index < -0.39 is 0 Å². The molecule has 124 valence electrons. The van der Waals surface area contributed by atoms with E-state index >= 15 is 0 Å². The van der Waals surface area contributed by atoms with Crippen LogP contribution < -0.4 is 5.32 Å². The summed E-state index contributed by atoms with van der Waals surface area (Å²) in [5.74, 6) is 0.213. The monoisotopic (exact) mass is 319 g/mol. The number of carbonyl (C=O) groups is 2. The number of nitrogens with zero attached hydrogens (tertiary/aromatic N) is 2. The third-order valence-electron chi connectivity index (χ3n) is 3.93. The lowest BCUT2D eigenvalue weighted by atomic mass is 10.1. The van der Waals surface area contributed by atoms with Gasteiger partial charge in [-0.1, -0.05) is 6.92 Å². The van der Waals surface area contributed by atoms with Crippen LogP contribution in [-0.2, 0) is 9.59 Å². The molecular weight excluding hydrogens is 290 g/mol. The number of rotatable bonds is 8. The molecule has 0 bridgehead atoms. The zero-order valence-electron chi connectivity index (χ0n) is 13.6. The molecule has 6 heteroatoms. The van der Waals surface area contributed by atoms with Crippen molar-refractivity contribution in [3.8, 4) is 0 Å². The Morgan fingerprint density at radius 1 is 1.10 bits per heavy atom. The zero-order valence-corrected chi connectivity index (χ0v) is 14.4. The van der Waals surface area contributed by atoms with E-state index in [9.17, 15) is 9.59 Å². The van der Waals surface area contributed by atoms with Gasteiger partial charge < -0.3 is 15.1 Å². The number of carbonyl (C=O) groups excluding carboxylic acids is 2. The second kappa shape index (κ2) is 10.9. The molecular formula is C15H30ClN3O2. The van der Waals surface area contributed by atoms with Crippen molar-refractivity contribution in [1.82, 2.24) is 15.1 Å². The Bertz CT molecular complexity index is 316. The van der Waals surface area contributed by atoms with E-state index in [1.807, 2.05) is 18.7 Å². The molecule has 1 aliphatic heterocycles. The highest BCUT2D eigenvalue weighted by atomic mass is 35.5. The minimum Gasteiger partial charge on any atom is -0.343 e. The second-order valence-corrected chi connectivity index (χ2v) is 5.30. The van der Waals surface area contributed by atoms with Gasteiger partial charge in [-0.2, -0.15) is 0 Å². The molecule has 0 saturated carbocycles. The molecule has 0 aromatic heterocycles. The van der Waals surface area contributed by atoms with E-state index in [0.717, 1.165) is 45.6 Å². The van der Waals surface area contributed by atoms with E-state index in [1.165, 1.54) is 0 Å². The maximum Gasteiger partial charge on any atom is 0.223 e. The quantitative estimate of drug-likeness (QED) is 0.740. The van der Waals surface area contributed by atoms with Crippen molar-refractivity contribution in [3.05, 3.63) is 0 Å². The Balaban J connectivity index is 0.00000400. The molecule has 2 amide bonds. The lowest BCUT2D eigenvalue weighted by molar-refractivity contribution is -0.138. The van der Waals surface area contributed by atoms with E-state index in [2.05, 4.69) is 12.2 Å². The van der Waals surface area contributed by atoms with Crippen LogP contribution in [0.2, 0.25) is 0 Å². The van der Waals surface area contributed by atoms with Crippen LogP contribution in [0, 0.1) is 0 Å². The van der Waals surface area contributed by atoms with Gasteiger partial charge in [0, 0.05) is 45.1 Å². The van der Waals surface area contributed by atoms with Crippen LogP contribution in [0.1, 0.15) is 46.5 Å². The second-order valence-electron chi connectivity index (χ2n) is 5.30. The van der Waals surface area contributed by atoms with Crippen molar-refractivity contribution in [2.75, 3.05) is 32.7 Å². The number of hydrogen-bond donors (Lipinski definition) is 1. The predicted molar refractivity (Wildman–Crippen MR) is 87.7 cm³/mol. The van der Waals surface area contributed by atoms with Gasteiger partial charge in [-0.25, -0.2) is 0 Å². The van der Waals surface area contributed by atoms with Crippen molar-refractivity contribution < 1.29 is 9.59 Å². The molecule has 1 rings (SSSR count). The third-order valence-corrected chi connectivity index (χ3v) is 3.93. The summed E-state index contributed by atoms with van der Waals surface area (Å²) in [5.41, 5.74) is 0. The van der Waals surface area contributed by atoms with Crippen molar-refractivity contribution >= 4 is 24.2 Å². The van der Waals surface area contributed by atoms with Crippen molar-refractivity contribution in [2.45, 2.75) is 52.5 Å². The lowest BCUT2D eigenvalue weighted by Gasteiger charge is -2.28. The highest BCUT2D eigenvalue weighted by Gasteiger charge is 2.26. The molecule has 0 spiro atoms. The van der Waals surface area contributed by atoms with Crippen molar-refractivity contribution in [3.63, 3.8) is 0 Å². The minimum atomic E-state index is 0. The number of hydrogen-bond acceptors (Lipinski definition) is 3. The fourth-order valence-corrected chi connectivity index (χ4v) is 2.75. The molecule has 21 heavy (non-hydrogen) atoms. The zero-order chi connectivity index (χ0) is 15.0. The van der Waals surface area contributed by atoms with Crippen LogP contribution >= 0.6 is 12.4 Å². The number of nitrogens with one attached hydrogen (secondary N) is 1. The molecule has 0 radical (unpaired) electrons. The minimum absolute atomic E-state index is 0. The van der Waals surface area contributed by atoms with Gasteiger partial charge in [-0.15, -0.1) is 12.4 Å². The van der Waals surface area contributed by atoms with Crippen LogP contribution in [0.25, 0.3) is 0 Å². The molecule has 0 aliphatic carbocycles. The number of amides is 2. The average Bonchev–Trinajstić information content (AvgIpc) is 2.97. The van der Waals surface area contributed by atoms with Gasteiger partial charge >= 0.3 is 0 Å². The van der Waals surface area contributed by atoms with Crippen molar-refractivity contribution in [2.24, 2.45) is 0 Å². The standard InChI is InChI=1S/C15H29N3O2.ClH/c1-4-11-18(13-9-10-16-12-13)15(20)8-7-14(19)17(5-2)6-3;/h13,16H,4-12H2,1-3H3;1H. The average molecular weight is 320 g/mol. The first-order chi connectivity index (χ1) is 9.63.